The summed E-state index contributed by atoms with van der Waals surface area (Å²) in [6.07, 6.45) is 0.705. The normalized spacial score (nSPS) is 10.7. The van der Waals surface area contributed by atoms with Crippen LogP contribution in [0.25, 0.3) is 11.0 Å². The number of ether oxygens (including phenoxy) is 2. The van der Waals surface area contributed by atoms with Gasteiger partial charge in [-0.15, -0.1) is 5.10 Å². The Hall–Kier alpha value is -3.09. The van der Waals surface area contributed by atoms with Crippen LogP contribution < -0.4 is 14.8 Å². The van der Waals surface area contributed by atoms with Crippen LogP contribution in [0.4, 0.5) is 0 Å². The standard InChI is InChI=1S/C20H24N4O3/c1-3-26-18-10-9-15(13-19(18)27-4-2)11-12-21-20(25)14-24-17-8-6-5-7-16(17)22-23-24/h5-10,13H,3-4,11-12,14H2,1-2H3,(H,21,25). The zero-order chi connectivity index (χ0) is 19.1. The molecule has 0 aliphatic rings. The van der Waals surface area contributed by atoms with Gasteiger partial charge in [0.2, 0.25) is 5.91 Å². The minimum absolute atomic E-state index is 0.0957. The highest BCUT2D eigenvalue weighted by molar-refractivity contribution is 5.79. The Balaban J connectivity index is 1.54. The number of fused-ring (bicyclic) bond motifs is 1. The number of hydrogen-bond acceptors (Lipinski definition) is 5. The van der Waals surface area contributed by atoms with E-state index in [0.717, 1.165) is 28.1 Å². The molecule has 1 aromatic heterocycles. The first kappa shape index (κ1) is 18.7. The molecule has 0 saturated carbocycles. The van der Waals surface area contributed by atoms with Crippen LogP contribution in [0.2, 0.25) is 0 Å². The Morgan fingerprint density at radius 2 is 1.85 bits per heavy atom. The summed E-state index contributed by atoms with van der Waals surface area (Å²) < 4.78 is 12.8. The van der Waals surface area contributed by atoms with Gasteiger partial charge in [-0.2, -0.15) is 0 Å². The average molecular weight is 368 g/mol. The van der Waals surface area contributed by atoms with Crippen molar-refractivity contribution in [1.82, 2.24) is 20.3 Å². The Kier molecular flexibility index (Phi) is 6.25. The van der Waals surface area contributed by atoms with Crippen LogP contribution in [-0.2, 0) is 17.8 Å². The molecule has 0 aliphatic carbocycles. The first-order valence-corrected chi connectivity index (χ1v) is 9.14. The molecule has 1 N–H and O–H groups in total. The molecule has 7 nitrogen and oxygen atoms in total. The predicted molar refractivity (Wildman–Crippen MR) is 103 cm³/mol. The molecule has 1 amide bonds. The fourth-order valence-corrected chi connectivity index (χ4v) is 2.82. The average Bonchev–Trinajstić information content (AvgIpc) is 3.07. The molecule has 0 aliphatic heterocycles. The van der Waals surface area contributed by atoms with E-state index in [9.17, 15) is 4.79 Å². The Bertz CT molecular complexity index is 907. The monoisotopic (exact) mass is 368 g/mol. The van der Waals surface area contributed by atoms with Crippen molar-refractivity contribution in [3.05, 3.63) is 48.0 Å². The van der Waals surface area contributed by atoms with Gasteiger partial charge in [-0.05, 0) is 50.1 Å². The van der Waals surface area contributed by atoms with Crippen LogP contribution in [0.15, 0.2) is 42.5 Å². The molecule has 27 heavy (non-hydrogen) atoms. The van der Waals surface area contributed by atoms with Gasteiger partial charge in [0, 0.05) is 6.54 Å². The van der Waals surface area contributed by atoms with Gasteiger partial charge in [0.25, 0.3) is 0 Å². The van der Waals surface area contributed by atoms with E-state index in [2.05, 4.69) is 15.6 Å². The maximum atomic E-state index is 12.2. The van der Waals surface area contributed by atoms with E-state index in [0.29, 0.717) is 26.2 Å². The van der Waals surface area contributed by atoms with E-state index < -0.39 is 0 Å². The summed E-state index contributed by atoms with van der Waals surface area (Å²) in [5, 5.41) is 11.0. The van der Waals surface area contributed by atoms with E-state index in [1.54, 1.807) is 4.68 Å². The second kappa shape index (κ2) is 9.02. The smallest absolute Gasteiger partial charge is 0.241 e. The zero-order valence-electron chi connectivity index (χ0n) is 15.6. The second-order valence-electron chi connectivity index (χ2n) is 5.98. The third-order valence-corrected chi connectivity index (χ3v) is 4.06. The molecule has 0 radical (unpaired) electrons. The van der Waals surface area contributed by atoms with E-state index in [1.807, 2.05) is 56.3 Å². The molecular formula is C20H24N4O3. The van der Waals surface area contributed by atoms with Crippen LogP contribution in [-0.4, -0.2) is 40.7 Å². The predicted octanol–water partition coefficient (Wildman–Crippen LogP) is 2.59. The van der Waals surface area contributed by atoms with Gasteiger partial charge in [0.1, 0.15) is 12.1 Å². The van der Waals surface area contributed by atoms with Gasteiger partial charge in [0.05, 0.1) is 18.7 Å². The number of benzene rings is 2. The number of amides is 1. The molecule has 7 heteroatoms. The summed E-state index contributed by atoms with van der Waals surface area (Å²) in [5.41, 5.74) is 2.71. The van der Waals surface area contributed by atoms with Crippen LogP contribution in [0.3, 0.4) is 0 Å². The van der Waals surface area contributed by atoms with Gasteiger partial charge in [-0.1, -0.05) is 23.4 Å². The molecule has 0 atom stereocenters. The zero-order valence-corrected chi connectivity index (χ0v) is 15.6. The lowest BCUT2D eigenvalue weighted by molar-refractivity contribution is -0.121. The van der Waals surface area contributed by atoms with Gasteiger partial charge < -0.3 is 14.8 Å². The number of nitrogens with one attached hydrogen (secondary N) is 1. The highest BCUT2D eigenvalue weighted by Gasteiger charge is 2.09. The lowest BCUT2D eigenvalue weighted by Crippen LogP contribution is -2.29. The number of carbonyl (C=O) groups is 1. The molecule has 0 fully saturated rings. The van der Waals surface area contributed by atoms with E-state index in [4.69, 9.17) is 9.47 Å². The lowest BCUT2D eigenvalue weighted by atomic mass is 10.1. The number of nitrogens with zero attached hydrogens (tertiary/aromatic N) is 3. The highest BCUT2D eigenvalue weighted by Crippen LogP contribution is 2.28. The maximum absolute atomic E-state index is 12.2. The summed E-state index contributed by atoms with van der Waals surface area (Å²) in [4.78, 5) is 12.2. The Morgan fingerprint density at radius 3 is 2.67 bits per heavy atom. The van der Waals surface area contributed by atoms with Crippen molar-refractivity contribution >= 4 is 16.9 Å². The van der Waals surface area contributed by atoms with E-state index >= 15 is 0 Å². The molecule has 0 unspecified atom stereocenters. The number of hydrogen-bond donors (Lipinski definition) is 1. The molecular weight excluding hydrogens is 344 g/mol. The minimum atomic E-state index is -0.0957. The quantitative estimate of drug-likeness (QED) is 0.628. The lowest BCUT2D eigenvalue weighted by Gasteiger charge is -2.12. The first-order valence-electron chi connectivity index (χ1n) is 9.14. The summed E-state index contributed by atoms with van der Waals surface area (Å²) in [5.74, 6) is 1.38. The SMILES string of the molecule is CCOc1ccc(CCNC(=O)Cn2nnc3ccccc32)cc1OCC. The van der Waals surface area contributed by atoms with Crippen molar-refractivity contribution in [1.29, 1.82) is 0 Å². The van der Waals surface area contributed by atoms with Crippen molar-refractivity contribution in [2.45, 2.75) is 26.8 Å². The largest absolute Gasteiger partial charge is 0.490 e. The minimum Gasteiger partial charge on any atom is -0.490 e. The number of rotatable bonds is 9. The molecule has 142 valence electrons. The third kappa shape index (κ3) is 4.75. The van der Waals surface area contributed by atoms with Crippen molar-refractivity contribution < 1.29 is 14.3 Å². The summed E-state index contributed by atoms with van der Waals surface area (Å²) in [6.45, 7) is 5.73. The Morgan fingerprint density at radius 1 is 1.07 bits per heavy atom. The highest BCUT2D eigenvalue weighted by atomic mass is 16.5. The van der Waals surface area contributed by atoms with E-state index in [1.165, 1.54) is 0 Å². The summed E-state index contributed by atoms with van der Waals surface area (Å²) >= 11 is 0. The van der Waals surface area contributed by atoms with Crippen LogP contribution in [0.5, 0.6) is 11.5 Å². The summed E-state index contributed by atoms with van der Waals surface area (Å²) in [7, 11) is 0. The van der Waals surface area contributed by atoms with Crippen molar-refractivity contribution in [3.63, 3.8) is 0 Å². The number of carbonyl (C=O) groups excluding carboxylic acids is 1. The van der Waals surface area contributed by atoms with Crippen LogP contribution >= 0.6 is 0 Å². The molecule has 1 heterocycles. The molecule has 3 aromatic rings. The second-order valence-corrected chi connectivity index (χ2v) is 5.98. The van der Waals surface area contributed by atoms with Crippen molar-refractivity contribution in [2.24, 2.45) is 0 Å². The van der Waals surface area contributed by atoms with Crippen molar-refractivity contribution in [2.75, 3.05) is 19.8 Å². The van der Waals surface area contributed by atoms with E-state index in [-0.39, 0.29) is 12.5 Å². The van der Waals surface area contributed by atoms with Gasteiger partial charge in [-0.3, -0.25) is 4.79 Å². The summed E-state index contributed by atoms with van der Waals surface area (Å²) in [6, 6.07) is 13.4. The fourth-order valence-electron chi connectivity index (χ4n) is 2.82. The topological polar surface area (TPSA) is 78.3 Å². The molecule has 3 rings (SSSR count). The number of para-hydroxylation sites is 1. The Labute approximate surface area is 158 Å². The molecule has 0 saturated heterocycles. The van der Waals surface area contributed by atoms with Gasteiger partial charge in [0.15, 0.2) is 11.5 Å². The molecule has 0 spiro atoms. The number of aromatic nitrogens is 3. The third-order valence-electron chi connectivity index (χ3n) is 4.06. The van der Waals surface area contributed by atoms with Crippen molar-refractivity contribution in [3.8, 4) is 11.5 Å². The van der Waals surface area contributed by atoms with Crippen LogP contribution in [0.1, 0.15) is 19.4 Å². The fraction of sp³-hybridized carbons (Fsp3) is 0.350. The van der Waals surface area contributed by atoms with Gasteiger partial charge >= 0.3 is 0 Å². The van der Waals surface area contributed by atoms with Gasteiger partial charge in [-0.25, -0.2) is 4.68 Å². The van der Waals surface area contributed by atoms with Crippen LogP contribution in [0, 0.1) is 0 Å². The molecule has 2 aromatic carbocycles. The first-order chi connectivity index (χ1) is 13.2. The maximum Gasteiger partial charge on any atom is 0.241 e. The molecule has 0 bridgehead atoms.